The first-order valence-electron chi connectivity index (χ1n) is 7.51. The van der Waals surface area contributed by atoms with Crippen LogP contribution in [0.5, 0.6) is 0 Å². The van der Waals surface area contributed by atoms with Crippen molar-refractivity contribution in [2.24, 2.45) is 0 Å². The molecule has 3 aromatic rings. The minimum absolute atomic E-state index is 0.0309. The fraction of sp³-hybridized carbons (Fsp3) is 0.235. The fourth-order valence-electron chi connectivity index (χ4n) is 2.38. The predicted octanol–water partition coefficient (Wildman–Crippen LogP) is 3.74. The van der Waals surface area contributed by atoms with Gasteiger partial charge < -0.3 is 4.57 Å². The van der Waals surface area contributed by atoms with Crippen LogP contribution in [-0.2, 0) is 11.3 Å². The zero-order chi connectivity index (χ0) is 17.1. The molecule has 5 nitrogen and oxygen atoms in total. The molecule has 0 fully saturated rings. The molecule has 1 aromatic carbocycles. The molecule has 3 rings (SSSR count). The Hall–Kier alpha value is -2.25. The number of thiazole rings is 2. The molecule has 0 radical (unpaired) electrons. The lowest BCUT2D eigenvalue weighted by molar-refractivity contribution is -0.118. The predicted molar refractivity (Wildman–Crippen MR) is 98.4 cm³/mol. The topological polar surface area (TPSA) is 55.2 Å². The summed E-state index contributed by atoms with van der Waals surface area (Å²) in [5.41, 5.74) is 2.55. The van der Waals surface area contributed by atoms with Gasteiger partial charge >= 0.3 is 4.87 Å². The monoisotopic (exact) mass is 359 g/mol. The zero-order valence-corrected chi connectivity index (χ0v) is 15.1. The standard InChI is InChI=1S/C17H17N3O2S2/c1-12-10-23-16(18-12)20(14-6-4-3-5-7-14)15(21)8-9-19-13(2)11-24-17(19)22/h3-7,10-11H,8-9H2,1-2H3. The highest BCUT2D eigenvalue weighted by Crippen LogP contribution is 2.29. The van der Waals surface area contributed by atoms with Crippen LogP contribution < -0.4 is 9.77 Å². The Bertz CT molecular complexity index is 896. The Balaban J connectivity index is 1.85. The summed E-state index contributed by atoms with van der Waals surface area (Å²) in [4.78, 5) is 30.7. The van der Waals surface area contributed by atoms with Gasteiger partial charge in [-0.15, -0.1) is 11.3 Å². The summed E-state index contributed by atoms with van der Waals surface area (Å²) in [6.07, 6.45) is 0.241. The van der Waals surface area contributed by atoms with Gasteiger partial charge in [0, 0.05) is 29.4 Å². The van der Waals surface area contributed by atoms with Gasteiger partial charge in [0.1, 0.15) is 0 Å². The van der Waals surface area contributed by atoms with Crippen LogP contribution >= 0.6 is 22.7 Å². The maximum absolute atomic E-state index is 12.9. The minimum atomic E-state index is -0.0759. The molecule has 0 aliphatic rings. The summed E-state index contributed by atoms with van der Waals surface area (Å²) in [5.74, 6) is -0.0759. The van der Waals surface area contributed by atoms with E-state index in [0.717, 1.165) is 28.4 Å². The molecule has 0 bridgehead atoms. The molecule has 2 heterocycles. The van der Waals surface area contributed by atoms with Crippen LogP contribution in [0.2, 0.25) is 0 Å². The highest BCUT2D eigenvalue weighted by atomic mass is 32.1. The van der Waals surface area contributed by atoms with Crippen molar-refractivity contribution in [2.45, 2.75) is 26.8 Å². The van der Waals surface area contributed by atoms with E-state index in [4.69, 9.17) is 0 Å². The summed E-state index contributed by atoms with van der Waals surface area (Å²) >= 11 is 2.60. The normalized spacial score (nSPS) is 10.8. The zero-order valence-electron chi connectivity index (χ0n) is 13.4. The number of para-hydroxylation sites is 1. The van der Waals surface area contributed by atoms with Crippen molar-refractivity contribution in [1.82, 2.24) is 9.55 Å². The van der Waals surface area contributed by atoms with E-state index in [0.29, 0.717) is 11.7 Å². The summed E-state index contributed by atoms with van der Waals surface area (Å²) in [5, 5.41) is 4.39. The molecule has 7 heteroatoms. The van der Waals surface area contributed by atoms with Crippen LogP contribution in [0.3, 0.4) is 0 Å². The van der Waals surface area contributed by atoms with Crippen LogP contribution in [-0.4, -0.2) is 15.5 Å². The van der Waals surface area contributed by atoms with E-state index in [9.17, 15) is 9.59 Å². The second-order valence-electron chi connectivity index (χ2n) is 5.38. The van der Waals surface area contributed by atoms with Crippen LogP contribution in [0, 0.1) is 13.8 Å². The van der Waals surface area contributed by atoms with Gasteiger partial charge in [-0.25, -0.2) is 4.98 Å². The lowest BCUT2D eigenvalue weighted by Gasteiger charge is -2.20. The number of anilines is 2. The van der Waals surface area contributed by atoms with Crippen molar-refractivity contribution >= 4 is 39.4 Å². The Morgan fingerprint density at radius 3 is 2.50 bits per heavy atom. The summed E-state index contributed by atoms with van der Waals surface area (Å²) in [6, 6.07) is 9.47. The number of aromatic nitrogens is 2. The number of benzene rings is 1. The average molecular weight is 359 g/mol. The Morgan fingerprint density at radius 2 is 1.92 bits per heavy atom. The van der Waals surface area contributed by atoms with Gasteiger partial charge in [0.05, 0.1) is 11.4 Å². The van der Waals surface area contributed by atoms with Gasteiger partial charge in [0.25, 0.3) is 0 Å². The first-order chi connectivity index (χ1) is 11.6. The van der Waals surface area contributed by atoms with E-state index < -0.39 is 0 Å². The summed E-state index contributed by atoms with van der Waals surface area (Å²) in [7, 11) is 0. The minimum Gasteiger partial charge on any atom is -0.303 e. The van der Waals surface area contributed by atoms with Gasteiger partial charge in [-0.3, -0.25) is 14.5 Å². The van der Waals surface area contributed by atoms with Crippen molar-refractivity contribution in [2.75, 3.05) is 4.90 Å². The van der Waals surface area contributed by atoms with Crippen LogP contribution in [0.4, 0.5) is 10.8 Å². The average Bonchev–Trinajstić information content (AvgIpc) is 3.13. The third kappa shape index (κ3) is 3.47. The number of amides is 1. The third-order valence-electron chi connectivity index (χ3n) is 3.59. The van der Waals surface area contributed by atoms with Crippen molar-refractivity contribution in [3.05, 3.63) is 62.1 Å². The highest BCUT2D eigenvalue weighted by molar-refractivity contribution is 7.14. The van der Waals surface area contributed by atoms with E-state index in [-0.39, 0.29) is 17.2 Å². The van der Waals surface area contributed by atoms with Crippen molar-refractivity contribution in [3.63, 3.8) is 0 Å². The van der Waals surface area contributed by atoms with Crippen LogP contribution in [0.25, 0.3) is 0 Å². The van der Waals surface area contributed by atoms with Crippen molar-refractivity contribution in [3.8, 4) is 0 Å². The Kier molecular flexibility index (Phi) is 4.92. The Labute approximate surface area is 147 Å². The number of nitrogens with zero attached hydrogens (tertiary/aromatic N) is 3. The largest absolute Gasteiger partial charge is 0.307 e. The van der Waals surface area contributed by atoms with Gasteiger partial charge in [-0.05, 0) is 26.0 Å². The van der Waals surface area contributed by atoms with E-state index in [1.807, 2.05) is 54.9 Å². The van der Waals surface area contributed by atoms with Crippen LogP contribution in [0.1, 0.15) is 17.8 Å². The lowest BCUT2D eigenvalue weighted by Crippen LogP contribution is -2.28. The number of aryl methyl sites for hydroxylation is 2. The molecule has 0 unspecified atom stereocenters. The van der Waals surface area contributed by atoms with Gasteiger partial charge in [0.15, 0.2) is 5.13 Å². The summed E-state index contributed by atoms with van der Waals surface area (Å²) in [6.45, 7) is 4.16. The molecule has 0 atom stereocenters. The molecule has 0 N–H and O–H groups in total. The van der Waals surface area contributed by atoms with Gasteiger partial charge in [-0.1, -0.05) is 29.5 Å². The summed E-state index contributed by atoms with van der Waals surface area (Å²) < 4.78 is 1.64. The molecule has 0 aliphatic carbocycles. The first-order valence-corrected chi connectivity index (χ1v) is 9.27. The van der Waals surface area contributed by atoms with E-state index in [2.05, 4.69) is 4.98 Å². The van der Waals surface area contributed by atoms with Crippen molar-refractivity contribution in [1.29, 1.82) is 0 Å². The molecule has 24 heavy (non-hydrogen) atoms. The second kappa shape index (κ2) is 7.11. The fourth-order valence-corrected chi connectivity index (χ4v) is 3.98. The molecule has 1 amide bonds. The first kappa shape index (κ1) is 16.6. The number of hydrogen-bond acceptors (Lipinski definition) is 5. The molecular formula is C17H17N3O2S2. The molecule has 0 saturated heterocycles. The van der Waals surface area contributed by atoms with Crippen molar-refractivity contribution < 1.29 is 4.79 Å². The maximum atomic E-state index is 12.9. The quantitative estimate of drug-likeness (QED) is 0.697. The lowest BCUT2D eigenvalue weighted by atomic mass is 10.2. The van der Waals surface area contributed by atoms with E-state index in [1.54, 1.807) is 9.47 Å². The molecule has 0 saturated carbocycles. The molecule has 0 aliphatic heterocycles. The number of rotatable bonds is 5. The molecule has 2 aromatic heterocycles. The van der Waals surface area contributed by atoms with Gasteiger partial charge in [-0.2, -0.15) is 0 Å². The molecule has 124 valence electrons. The highest BCUT2D eigenvalue weighted by Gasteiger charge is 2.21. The second-order valence-corrected chi connectivity index (χ2v) is 7.04. The smallest absolute Gasteiger partial charge is 0.303 e. The van der Waals surface area contributed by atoms with E-state index >= 15 is 0 Å². The van der Waals surface area contributed by atoms with Crippen LogP contribution in [0.15, 0.2) is 45.9 Å². The Morgan fingerprint density at radius 1 is 1.17 bits per heavy atom. The number of carbonyl (C=O) groups excluding carboxylic acids is 1. The third-order valence-corrected chi connectivity index (χ3v) is 5.41. The number of hydrogen-bond donors (Lipinski definition) is 0. The van der Waals surface area contributed by atoms with E-state index in [1.165, 1.54) is 11.3 Å². The number of carbonyl (C=O) groups is 1. The molecule has 0 spiro atoms. The maximum Gasteiger partial charge on any atom is 0.307 e. The molecular weight excluding hydrogens is 342 g/mol. The van der Waals surface area contributed by atoms with Gasteiger partial charge in [0.2, 0.25) is 5.91 Å². The SMILES string of the molecule is Cc1csc(N(C(=O)CCn2c(C)csc2=O)c2ccccc2)n1.